The Bertz CT molecular complexity index is 1050. The average molecular weight is 407 g/mol. The molecule has 0 radical (unpaired) electrons. The Balaban J connectivity index is 1.80. The number of nitro groups is 2. The molecule has 0 aliphatic carbocycles. The second-order valence-electron chi connectivity index (χ2n) is 6.28. The van der Waals surface area contributed by atoms with Gasteiger partial charge in [-0.2, -0.15) is 0 Å². The van der Waals surface area contributed by atoms with Gasteiger partial charge in [-0.1, -0.05) is 36.4 Å². The van der Waals surface area contributed by atoms with Crippen LogP contribution in [0, 0.1) is 20.2 Å². The van der Waals surface area contributed by atoms with Crippen LogP contribution < -0.4 is 9.64 Å². The van der Waals surface area contributed by atoms with Crippen molar-refractivity contribution >= 4 is 23.0 Å². The van der Waals surface area contributed by atoms with Crippen LogP contribution in [0.1, 0.15) is 5.56 Å². The van der Waals surface area contributed by atoms with Crippen molar-refractivity contribution in [2.75, 3.05) is 11.5 Å². The van der Waals surface area contributed by atoms with Gasteiger partial charge in [-0.15, -0.1) is 0 Å². The van der Waals surface area contributed by atoms with E-state index in [2.05, 4.69) is 0 Å². The number of hydrogen-bond donors (Lipinski definition) is 0. The van der Waals surface area contributed by atoms with Gasteiger partial charge in [-0.3, -0.25) is 25.0 Å². The van der Waals surface area contributed by atoms with Crippen LogP contribution in [0.3, 0.4) is 0 Å². The maximum absolute atomic E-state index is 12.9. The number of non-ortho nitro benzene ring substituents is 2. The van der Waals surface area contributed by atoms with Crippen LogP contribution in [0.15, 0.2) is 78.9 Å². The van der Waals surface area contributed by atoms with E-state index < -0.39 is 15.8 Å². The minimum Gasteiger partial charge on any atom is -0.484 e. The predicted molar refractivity (Wildman–Crippen MR) is 109 cm³/mol. The molecule has 0 saturated heterocycles. The molecule has 0 fully saturated rings. The van der Waals surface area contributed by atoms with Crippen LogP contribution in [0.25, 0.3) is 0 Å². The number of rotatable bonds is 8. The highest BCUT2D eigenvalue weighted by Crippen LogP contribution is 2.24. The van der Waals surface area contributed by atoms with E-state index in [9.17, 15) is 25.0 Å². The second kappa shape index (κ2) is 9.28. The molecule has 0 heterocycles. The van der Waals surface area contributed by atoms with Crippen LogP contribution in [-0.4, -0.2) is 22.4 Å². The molecule has 30 heavy (non-hydrogen) atoms. The van der Waals surface area contributed by atoms with Gasteiger partial charge >= 0.3 is 0 Å². The van der Waals surface area contributed by atoms with Crippen molar-refractivity contribution in [2.24, 2.45) is 0 Å². The minimum atomic E-state index is -0.529. The first kappa shape index (κ1) is 20.5. The summed E-state index contributed by atoms with van der Waals surface area (Å²) in [4.78, 5) is 35.1. The minimum absolute atomic E-state index is 0.0871. The molecular formula is C21H17N3O6. The van der Waals surface area contributed by atoms with Crippen molar-refractivity contribution < 1.29 is 19.4 Å². The summed E-state index contributed by atoms with van der Waals surface area (Å²) in [6.07, 6.45) is 0. The molecule has 1 amide bonds. The van der Waals surface area contributed by atoms with Gasteiger partial charge in [0, 0.05) is 24.3 Å². The number of carbonyl (C=O) groups is 1. The molecule has 3 rings (SSSR count). The number of amides is 1. The zero-order chi connectivity index (χ0) is 21.5. The van der Waals surface area contributed by atoms with Crippen molar-refractivity contribution in [3.8, 4) is 5.75 Å². The van der Waals surface area contributed by atoms with Crippen molar-refractivity contribution in [3.63, 3.8) is 0 Å². The van der Waals surface area contributed by atoms with Gasteiger partial charge in [0.25, 0.3) is 17.3 Å². The summed E-state index contributed by atoms with van der Waals surface area (Å²) in [6, 6.07) is 20.4. The fraction of sp³-hybridized carbons (Fsp3) is 0.0952. The summed E-state index contributed by atoms with van der Waals surface area (Å²) in [7, 11) is 0. The number of anilines is 1. The van der Waals surface area contributed by atoms with Crippen LogP contribution in [0.2, 0.25) is 0 Å². The zero-order valence-electron chi connectivity index (χ0n) is 15.7. The predicted octanol–water partition coefficient (Wildman–Crippen LogP) is 4.12. The lowest BCUT2D eigenvalue weighted by Gasteiger charge is -2.23. The van der Waals surface area contributed by atoms with E-state index in [1.807, 2.05) is 30.3 Å². The van der Waals surface area contributed by atoms with Crippen molar-refractivity contribution in [1.82, 2.24) is 0 Å². The SMILES string of the molecule is O=C(COc1ccc([N+](=O)[O-])cc1)N(Cc1ccccc1)c1cccc([N+](=O)[O-])c1. The van der Waals surface area contributed by atoms with E-state index in [1.165, 1.54) is 47.4 Å². The number of carbonyl (C=O) groups excluding carboxylic acids is 1. The Hall–Kier alpha value is -4.27. The number of nitrogens with zero attached hydrogens (tertiary/aromatic N) is 3. The van der Waals surface area contributed by atoms with Gasteiger partial charge in [0.2, 0.25) is 0 Å². The van der Waals surface area contributed by atoms with E-state index in [1.54, 1.807) is 6.07 Å². The first-order chi connectivity index (χ1) is 14.4. The average Bonchev–Trinajstić information content (AvgIpc) is 2.77. The first-order valence-electron chi connectivity index (χ1n) is 8.90. The highest BCUT2D eigenvalue weighted by atomic mass is 16.6. The Labute approximate surface area is 171 Å². The highest BCUT2D eigenvalue weighted by Gasteiger charge is 2.19. The Morgan fingerprint density at radius 3 is 2.13 bits per heavy atom. The summed E-state index contributed by atoms with van der Waals surface area (Å²) < 4.78 is 5.47. The monoisotopic (exact) mass is 407 g/mol. The largest absolute Gasteiger partial charge is 0.484 e. The third kappa shape index (κ3) is 5.16. The topological polar surface area (TPSA) is 116 Å². The van der Waals surface area contributed by atoms with Gasteiger partial charge in [0.1, 0.15) is 5.75 Å². The molecular weight excluding hydrogens is 390 g/mol. The van der Waals surface area contributed by atoms with Gasteiger partial charge in [0.05, 0.1) is 22.1 Å². The van der Waals surface area contributed by atoms with Gasteiger partial charge in [-0.05, 0) is 23.8 Å². The van der Waals surface area contributed by atoms with E-state index in [-0.39, 0.29) is 24.5 Å². The van der Waals surface area contributed by atoms with Crippen LogP contribution in [0.4, 0.5) is 17.1 Å². The smallest absolute Gasteiger partial charge is 0.271 e. The Morgan fingerprint density at radius 1 is 0.833 bits per heavy atom. The number of benzene rings is 3. The maximum atomic E-state index is 12.9. The molecule has 0 spiro atoms. The third-order valence-corrected chi connectivity index (χ3v) is 4.25. The van der Waals surface area contributed by atoms with Crippen LogP contribution in [-0.2, 0) is 11.3 Å². The van der Waals surface area contributed by atoms with E-state index in [4.69, 9.17) is 4.74 Å². The van der Waals surface area contributed by atoms with Crippen molar-refractivity contribution in [3.05, 3.63) is 105 Å². The van der Waals surface area contributed by atoms with E-state index in [0.717, 1.165) is 5.56 Å². The lowest BCUT2D eigenvalue weighted by molar-refractivity contribution is -0.385. The molecule has 0 atom stereocenters. The molecule has 0 N–H and O–H groups in total. The molecule has 0 unspecified atom stereocenters. The van der Waals surface area contributed by atoms with Gasteiger partial charge in [0.15, 0.2) is 6.61 Å². The Morgan fingerprint density at radius 2 is 1.50 bits per heavy atom. The summed E-state index contributed by atoms with van der Waals surface area (Å²) in [5, 5.41) is 21.8. The van der Waals surface area contributed by atoms with E-state index in [0.29, 0.717) is 11.4 Å². The molecule has 0 aliphatic rings. The van der Waals surface area contributed by atoms with Gasteiger partial charge < -0.3 is 9.64 Å². The lowest BCUT2D eigenvalue weighted by Crippen LogP contribution is -2.34. The quantitative estimate of drug-likeness (QED) is 0.410. The fourth-order valence-corrected chi connectivity index (χ4v) is 2.75. The van der Waals surface area contributed by atoms with Crippen molar-refractivity contribution in [2.45, 2.75) is 6.54 Å². The molecule has 0 aromatic heterocycles. The standard InChI is InChI=1S/C21H17N3O6/c25-21(15-30-20-11-9-17(10-12-20)23(26)27)22(14-16-5-2-1-3-6-16)18-7-4-8-19(13-18)24(28)29/h1-13H,14-15H2. The zero-order valence-corrected chi connectivity index (χ0v) is 15.7. The first-order valence-corrected chi connectivity index (χ1v) is 8.90. The summed E-state index contributed by atoms with van der Waals surface area (Å²) in [5.41, 5.74) is 0.990. The molecule has 3 aromatic rings. The normalized spacial score (nSPS) is 10.3. The van der Waals surface area contributed by atoms with Crippen LogP contribution >= 0.6 is 0 Å². The lowest BCUT2D eigenvalue weighted by atomic mass is 10.2. The molecule has 3 aromatic carbocycles. The number of ether oxygens (including phenoxy) is 1. The fourth-order valence-electron chi connectivity index (χ4n) is 2.75. The maximum Gasteiger partial charge on any atom is 0.271 e. The second-order valence-corrected chi connectivity index (χ2v) is 6.28. The summed E-state index contributed by atoms with van der Waals surface area (Å²) >= 11 is 0. The third-order valence-electron chi connectivity index (χ3n) is 4.25. The number of nitro benzene ring substituents is 2. The molecule has 152 valence electrons. The summed E-state index contributed by atoms with van der Waals surface area (Å²) in [6.45, 7) is -0.141. The summed E-state index contributed by atoms with van der Waals surface area (Å²) in [5.74, 6) is -0.120. The number of hydrogen-bond acceptors (Lipinski definition) is 6. The molecule has 0 saturated carbocycles. The molecule has 0 aliphatic heterocycles. The molecule has 0 bridgehead atoms. The van der Waals surface area contributed by atoms with E-state index >= 15 is 0 Å². The highest BCUT2D eigenvalue weighted by molar-refractivity contribution is 5.94. The van der Waals surface area contributed by atoms with Crippen molar-refractivity contribution in [1.29, 1.82) is 0 Å². The molecule has 9 heteroatoms. The Kier molecular flexibility index (Phi) is 6.33. The molecule has 9 nitrogen and oxygen atoms in total. The van der Waals surface area contributed by atoms with Crippen LogP contribution in [0.5, 0.6) is 5.75 Å². The van der Waals surface area contributed by atoms with Gasteiger partial charge in [-0.25, -0.2) is 0 Å².